The lowest BCUT2D eigenvalue weighted by Gasteiger charge is -2.49. The fraction of sp³-hybridized carbons (Fsp3) is 0.927. The van der Waals surface area contributed by atoms with Gasteiger partial charge in [0, 0.05) is 57.2 Å². The maximum absolute atomic E-state index is 14.4. The Hall–Kier alpha value is -1.81. The molecule has 0 unspecified atom stereocenters. The molecule has 0 saturated carbocycles. The molecule has 1 aromatic rings. The minimum atomic E-state index is -1.81. The first-order valence-electron chi connectivity index (χ1n) is 21.4. The molecule has 6 N–H and O–H groups in total. The van der Waals surface area contributed by atoms with Crippen molar-refractivity contribution in [3.63, 3.8) is 0 Å². The number of aliphatic hydroxyl groups is 4. The second kappa shape index (κ2) is 20.1. The van der Waals surface area contributed by atoms with Crippen LogP contribution in [0.3, 0.4) is 0 Å². The molecule has 18 atom stereocenters. The number of nitrogens with zero attached hydrogens (tertiary/aromatic N) is 5. The van der Waals surface area contributed by atoms with E-state index in [0.717, 1.165) is 4.59 Å². The smallest absolute Gasteiger partial charge is 0.311 e. The molecule has 17 nitrogen and oxygen atoms in total. The molecule has 4 heterocycles. The van der Waals surface area contributed by atoms with Crippen LogP contribution in [0.25, 0.3) is 0 Å². The molecule has 338 valence electrons. The van der Waals surface area contributed by atoms with Crippen molar-refractivity contribution in [3.8, 4) is 0 Å². The van der Waals surface area contributed by atoms with Gasteiger partial charge in [-0.25, -0.2) is 0 Å². The number of methoxy groups -OCH3 is 1. The van der Waals surface area contributed by atoms with Crippen LogP contribution in [0.2, 0.25) is 0 Å². The third-order valence-electron chi connectivity index (χ3n) is 13.5. The zero-order valence-corrected chi connectivity index (χ0v) is 37.7. The highest BCUT2D eigenvalue weighted by atomic mass is 16.7. The van der Waals surface area contributed by atoms with Crippen molar-refractivity contribution >= 4 is 14.0 Å². The van der Waals surface area contributed by atoms with Gasteiger partial charge in [0.05, 0.1) is 53.3 Å². The van der Waals surface area contributed by atoms with Crippen molar-refractivity contribution in [1.82, 2.24) is 24.7 Å². The van der Waals surface area contributed by atoms with E-state index in [0.29, 0.717) is 31.6 Å². The summed E-state index contributed by atoms with van der Waals surface area (Å²) in [5.74, 6) is -2.62. The quantitative estimate of drug-likeness (QED) is 0.164. The number of ether oxygens (including phenoxy) is 6. The Morgan fingerprint density at radius 2 is 1.73 bits per heavy atom. The second-order valence-electron chi connectivity index (χ2n) is 18.7. The minimum Gasteiger partial charge on any atom is -0.459 e. The summed E-state index contributed by atoms with van der Waals surface area (Å²) in [6.45, 7) is 18.9. The number of rotatable bonds is 10. The third-order valence-corrected chi connectivity index (χ3v) is 13.5. The Labute approximate surface area is 352 Å². The predicted octanol–water partition coefficient (Wildman–Crippen LogP) is 1.00. The van der Waals surface area contributed by atoms with E-state index in [1.807, 2.05) is 58.5 Å². The number of hydrogen-bond acceptors (Lipinski definition) is 16. The van der Waals surface area contributed by atoms with Gasteiger partial charge in [-0.3, -0.25) is 4.79 Å². The third kappa shape index (κ3) is 11.6. The van der Waals surface area contributed by atoms with E-state index >= 15 is 0 Å². The first-order valence-corrected chi connectivity index (χ1v) is 21.4. The van der Waals surface area contributed by atoms with Crippen LogP contribution in [-0.4, -0.2) is 184 Å². The molecule has 1 aromatic heterocycles. The monoisotopic (exact) mass is 839 g/mol. The van der Waals surface area contributed by atoms with E-state index in [-0.39, 0.29) is 37.3 Å². The maximum Gasteiger partial charge on any atom is 0.311 e. The van der Waals surface area contributed by atoms with Crippen LogP contribution in [-0.2, 0) is 39.6 Å². The Balaban J connectivity index is 1.77. The van der Waals surface area contributed by atoms with Gasteiger partial charge in [-0.2, -0.15) is 0 Å². The van der Waals surface area contributed by atoms with Crippen molar-refractivity contribution in [2.24, 2.45) is 23.5 Å². The fourth-order valence-electron chi connectivity index (χ4n) is 9.59. The summed E-state index contributed by atoms with van der Waals surface area (Å²) in [7, 11) is 11.0. The van der Waals surface area contributed by atoms with Crippen molar-refractivity contribution < 1.29 is 53.6 Å². The van der Waals surface area contributed by atoms with Gasteiger partial charge in [0.15, 0.2) is 12.6 Å². The molecule has 4 rings (SSSR count). The average Bonchev–Trinajstić information content (AvgIpc) is 3.59. The zero-order chi connectivity index (χ0) is 44.4. The lowest BCUT2D eigenvalue weighted by Crippen LogP contribution is -2.62. The van der Waals surface area contributed by atoms with Crippen LogP contribution in [0, 0.1) is 17.8 Å². The summed E-state index contributed by atoms with van der Waals surface area (Å²) < 4.78 is 39.5. The number of carbonyl (C=O) groups is 1. The van der Waals surface area contributed by atoms with Gasteiger partial charge in [0.2, 0.25) is 0 Å². The van der Waals surface area contributed by atoms with Crippen molar-refractivity contribution in [2.75, 3.05) is 34.3 Å². The number of cyclic esters (lactones) is 1. The topological polar surface area (TPSA) is 217 Å². The maximum atomic E-state index is 14.4. The summed E-state index contributed by atoms with van der Waals surface area (Å²) in [6, 6.07) is -1.40. The highest BCUT2D eigenvalue weighted by molar-refractivity contribution is 6.05. The molecule has 3 aliphatic heterocycles. The van der Waals surface area contributed by atoms with Crippen LogP contribution < -0.4 is 5.73 Å². The first kappa shape index (κ1) is 49.8. The highest BCUT2D eigenvalue weighted by Crippen LogP contribution is 2.40. The minimum absolute atomic E-state index is 0.164. The summed E-state index contributed by atoms with van der Waals surface area (Å²) in [5.41, 5.74) is 3.02. The molecule has 0 spiro atoms. The number of aliphatic hydroxyl groups excluding tert-OH is 2. The van der Waals surface area contributed by atoms with Crippen molar-refractivity contribution in [2.45, 2.75) is 192 Å². The zero-order valence-electron chi connectivity index (χ0n) is 37.7. The summed E-state index contributed by atoms with van der Waals surface area (Å²) >= 11 is 0. The summed E-state index contributed by atoms with van der Waals surface area (Å²) in [6.07, 6.45) is -5.07. The molecule has 59 heavy (non-hydrogen) atoms. The van der Waals surface area contributed by atoms with Gasteiger partial charge < -0.3 is 69.0 Å². The van der Waals surface area contributed by atoms with Crippen LogP contribution in [0.1, 0.15) is 101 Å². The number of hydrogen-bond donors (Lipinski definition) is 5. The molecule has 0 amide bonds. The lowest BCUT2D eigenvalue weighted by atomic mass is 9.77. The molecule has 0 bridgehead atoms. The van der Waals surface area contributed by atoms with E-state index in [9.17, 15) is 25.2 Å². The number of aromatic nitrogens is 3. The predicted molar refractivity (Wildman–Crippen MR) is 220 cm³/mol. The van der Waals surface area contributed by atoms with Crippen LogP contribution in [0.4, 0.5) is 0 Å². The molecule has 3 aliphatic rings. The molecule has 0 aromatic carbocycles. The number of likely N-dealkylation sites (N-methyl/N-ethyl adjacent to an activating group) is 2. The Morgan fingerprint density at radius 3 is 2.32 bits per heavy atom. The van der Waals surface area contributed by atoms with Crippen LogP contribution >= 0.6 is 0 Å². The van der Waals surface area contributed by atoms with E-state index in [1.165, 1.54) is 6.92 Å². The summed E-state index contributed by atoms with van der Waals surface area (Å²) in [4.78, 5) is 18.3. The number of carbonyl (C=O) groups excluding carboxylic acids is 1. The van der Waals surface area contributed by atoms with Gasteiger partial charge in [0.1, 0.15) is 23.9 Å². The average molecular weight is 839 g/mol. The van der Waals surface area contributed by atoms with Gasteiger partial charge in [-0.1, -0.05) is 26.0 Å². The van der Waals surface area contributed by atoms with E-state index in [1.54, 1.807) is 41.0 Å². The number of esters is 1. The Bertz CT molecular complexity index is 1490. The summed E-state index contributed by atoms with van der Waals surface area (Å²) in [5, 5.41) is 56.0. The normalized spacial score (nSPS) is 45.1. The van der Waals surface area contributed by atoms with Crippen molar-refractivity contribution in [1.29, 1.82) is 0 Å². The molecule has 0 aliphatic carbocycles. The molecule has 3 fully saturated rings. The Kier molecular flexibility index (Phi) is 17.0. The van der Waals surface area contributed by atoms with Gasteiger partial charge >= 0.3 is 5.97 Å². The fourth-order valence-corrected chi connectivity index (χ4v) is 9.59. The van der Waals surface area contributed by atoms with Gasteiger partial charge in [-0.05, 0) is 87.7 Å². The molecule has 3 saturated heterocycles. The largest absolute Gasteiger partial charge is 0.459 e. The van der Waals surface area contributed by atoms with Gasteiger partial charge in [0.25, 0.3) is 7.98 Å². The van der Waals surface area contributed by atoms with E-state index in [4.69, 9.17) is 42.1 Å². The second-order valence-corrected chi connectivity index (χ2v) is 18.7. The van der Waals surface area contributed by atoms with Gasteiger partial charge in [-0.15, -0.1) is 5.10 Å². The molecule has 18 heteroatoms. The van der Waals surface area contributed by atoms with Crippen molar-refractivity contribution in [3.05, 3.63) is 11.9 Å². The molecular formula is C41H75BN6O11. The van der Waals surface area contributed by atoms with Crippen LogP contribution in [0.5, 0.6) is 0 Å². The number of nitrogens with two attached hydrogens (primary N) is 1. The Morgan fingerprint density at radius 1 is 1.07 bits per heavy atom. The van der Waals surface area contributed by atoms with E-state index < -0.39 is 95.9 Å². The first-order chi connectivity index (χ1) is 27.4. The highest BCUT2D eigenvalue weighted by Gasteiger charge is 2.52. The lowest BCUT2D eigenvalue weighted by molar-refractivity contribution is -0.311. The van der Waals surface area contributed by atoms with Crippen LogP contribution in [0.15, 0.2) is 6.20 Å². The SMILES string of the molecule is [B]n1cc(CCN(C)[C@H]2C[C@@H](C)O[C@@H](O[C@@H]3[C@@H](C)[C@H](O[C@H]4C[C@@](C)(OC)[C@@H](N)[C@H](C)O4)[C@@H](C)C(=O)O[C@H](CC)[C@@](C)(O)[C@H](O)[C@@H](C)N(C)C[C@H](C)C[C@@]3(C)O)[C@@H]2O)nn1. The molecular weight excluding hydrogens is 763 g/mol. The van der Waals surface area contributed by atoms with E-state index in [2.05, 4.69) is 10.3 Å². The standard InChI is InChI=1S/C41H75BN6O11/c1-14-30-41(10,53)35(50)26(6)47(12)20-22(2)18-39(8,52)36(59-38-32(49)29(17-23(3)55-38)46(11)16-15-28-21-48(42)45-44-28)24(4)33(25(5)37(51)57-30)58-31-19-40(9,54-13)34(43)27(7)56-31/h21-27,29-36,38,49-50,52-53H,14-20,43H2,1-13H3/t22-,23-,24+,25-,26-,27+,29+,30-,31+,32-,33+,34+,35-,36-,38+,39-,40-,41-/m1/s1. The molecule has 2 radical (unpaired) electrons.